The van der Waals surface area contributed by atoms with Crippen LogP contribution in [0.15, 0.2) is 48.7 Å². The fraction of sp³-hybridized carbons (Fsp3) is 0.133. The molecule has 16 heavy (non-hydrogen) atoms. The predicted octanol–water partition coefficient (Wildman–Crippen LogP) is 3.04. The Morgan fingerprint density at radius 3 is 2.56 bits per heavy atom. The monoisotopic (exact) mass is 207 g/mol. The molecule has 1 nitrogen and oxygen atoms in total. The molecule has 0 spiro atoms. The molecule has 0 aliphatic carbocycles. The summed E-state index contributed by atoms with van der Waals surface area (Å²) in [7, 11) is 0. The smallest absolute Gasteiger partial charge is 0.116 e. The maximum atomic E-state index is 4.29. The van der Waals surface area contributed by atoms with Crippen molar-refractivity contribution in [2.24, 2.45) is 0 Å². The molecule has 2 rings (SSSR count). The molecule has 0 N–H and O–H groups in total. The SMILES string of the molecule is CCc1cccnc1C#Cc1ccccc1. The lowest BCUT2D eigenvalue weighted by Crippen LogP contribution is -1.90. The van der Waals surface area contributed by atoms with Crippen LogP contribution in [0.25, 0.3) is 0 Å². The van der Waals surface area contributed by atoms with Gasteiger partial charge in [0.2, 0.25) is 0 Å². The summed E-state index contributed by atoms with van der Waals surface area (Å²) in [4.78, 5) is 4.29. The number of pyridine rings is 1. The van der Waals surface area contributed by atoms with E-state index in [0.29, 0.717) is 0 Å². The minimum atomic E-state index is 0.883. The second kappa shape index (κ2) is 5.14. The Bertz CT molecular complexity index is 518. The van der Waals surface area contributed by atoms with E-state index in [1.54, 1.807) is 6.20 Å². The van der Waals surface area contributed by atoms with Crippen LogP contribution in [0.5, 0.6) is 0 Å². The molecule has 0 bridgehead atoms. The van der Waals surface area contributed by atoms with Gasteiger partial charge in [-0.3, -0.25) is 0 Å². The Morgan fingerprint density at radius 1 is 1.00 bits per heavy atom. The zero-order valence-electron chi connectivity index (χ0n) is 9.27. The molecule has 1 heteroatoms. The summed E-state index contributed by atoms with van der Waals surface area (Å²) in [5.74, 6) is 6.24. The van der Waals surface area contributed by atoms with E-state index in [1.165, 1.54) is 5.56 Å². The van der Waals surface area contributed by atoms with Crippen molar-refractivity contribution in [2.45, 2.75) is 13.3 Å². The van der Waals surface area contributed by atoms with E-state index in [-0.39, 0.29) is 0 Å². The van der Waals surface area contributed by atoms with Gasteiger partial charge in [-0.1, -0.05) is 37.1 Å². The fourth-order valence-electron chi connectivity index (χ4n) is 1.49. The van der Waals surface area contributed by atoms with Gasteiger partial charge in [-0.15, -0.1) is 0 Å². The number of aromatic nitrogens is 1. The van der Waals surface area contributed by atoms with E-state index in [2.05, 4.69) is 29.8 Å². The molecule has 0 radical (unpaired) electrons. The number of hydrogen-bond acceptors (Lipinski definition) is 1. The van der Waals surface area contributed by atoms with Crippen molar-refractivity contribution in [3.8, 4) is 11.8 Å². The summed E-state index contributed by atoms with van der Waals surface area (Å²) in [5, 5.41) is 0. The highest BCUT2D eigenvalue weighted by Crippen LogP contribution is 2.04. The Balaban J connectivity index is 2.31. The maximum Gasteiger partial charge on any atom is 0.116 e. The number of hydrogen-bond donors (Lipinski definition) is 0. The highest BCUT2D eigenvalue weighted by molar-refractivity contribution is 5.42. The lowest BCUT2D eigenvalue weighted by molar-refractivity contribution is 1.09. The molecule has 1 aromatic carbocycles. The number of nitrogens with zero attached hydrogens (tertiary/aromatic N) is 1. The molecule has 2 aromatic rings. The van der Waals surface area contributed by atoms with Crippen LogP contribution < -0.4 is 0 Å². The van der Waals surface area contributed by atoms with E-state index in [4.69, 9.17) is 0 Å². The summed E-state index contributed by atoms with van der Waals surface area (Å²) >= 11 is 0. The molecule has 0 unspecified atom stereocenters. The van der Waals surface area contributed by atoms with E-state index < -0.39 is 0 Å². The molecule has 0 saturated carbocycles. The van der Waals surface area contributed by atoms with Gasteiger partial charge in [0.1, 0.15) is 5.69 Å². The Kier molecular flexibility index (Phi) is 3.35. The van der Waals surface area contributed by atoms with E-state index in [0.717, 1.165) is 17.7 Å². The molecule has 0 atom stereocenters. The first-order valence-corrected chi connectivity index (χ1v) is 5.41. The molecule has 1 aromatic heterocycles. The highest BCUT2D eigenvalue weighted by atomic mass is 14.7. The zero-order chi connectivity index (χ0) is 11.2. The van der Waals surface area contributed by atoms with Gasteiger partial charge in [-0.2, -0.15) is 0 Å². The molecule has 0 aliphatic heterocycles. The third-order valence-corrected chi connectivity index (χ3v) is 2.37. The standard InChI is InChI=1S/C15H13N/c1-2-14-9-6-12-16-15(14)11-10-13-7-4-3-5-8-13/h3-9,12H,2H2,1H3. The quantitative estimate of drug-likeness (QED) is 0.655. The summed E-state index contributed by atoms with van der Waals surface area (Å²) in [6, 6.07) is 14.0. The minimum absolute atomic E-state index is 0.883. The van der Waals surface area contributed by atoms with E-state index in [1.807, 2.05) is 36.4 Å². The van der Waals surface area contributed by atoms with Crippen LogP contribution in [-0.2, 0) is 6.42 Å². The van der Waals surface area contributed by atoms with Crippen LogP contribution in [-0.4, -0.2) is 4.98 Å². The van der Waals surface area contributed by atoms with Crippen molar-refractivity contribution in [3.63, 3.8) is 0 Å². The van der Waals surface area contributed by atoms with Gasteiger partial charge in [0.15, 0.2) is 0 Å². The van der Waals surface area contributed by atoms with Crippen LogP contribution in [0.2, 0.25) is 0 Å². The first-order valence-electron chi connectivity index (χ1n) is 5.41. The summed E-state index contributed by atoms with van der Waals surface area (Å²) in [6.07, 6.45) is 2.75. The first kappa shape index (κ1) is 10.4. The predicted molar refractivity (Wildman–Crippen MR) is 66.0 cm³/mol. The second-order valence-corrected chi connectivity index (χ2v) is 3.48. The molecule has 0 aliphatic rings. The topological polar surface area (TPSA) is 12.9 Å². The second-order valence-electron chi connectivity index (χ2n) is 3.48. The third kappa shape index (κ3) is 2.49. The zero-order valence-corrected chi connectivity index (χ0v) is 9.27. The average Bonchev–Trinajstić information content (AvgIpc) is 2.38. The summed E-state index contributed by atoms with van der Waals surface area (Å²) < 4.78 is 0. The van der Waals surface area contributed by atoms with Crippen molar-refractivity contribution >= 4 is 0 Å². The normalized spacial score (nSPS) is 9.31. The van der Waals surface area contributed by atoms with Crippen molar-refractivity contribution in [2.75, 3.05) is 0 Å². The molecule has 1 heterocycles. The number of benzene rings is 1. The van der Waals surface area contributed by atoms with Gasteiger partial charge < -0.3 is 0 Å². The van der Waals surface area contributed by atoms with Crippen molar-refractivity contribution in [1.82, 2.24) is 4.98 Å². The number of aryl methyl sites for hydroxylation is 1. The van der Waals surface area contributed by atoms with Gasteiger partial charge in [0.05, 0.1) is 0 Å². The van der Waals surface area contributed by atoms with Crippen LogP contribution in [0.3, 0.4) is 0 Å². The van der Waals surface area contributed by atoms with Gasteiger partial charge in [-0.25, -0.2) is 4.98 Å². The Hall–Kier alpha value is -2.07. The summed E-state index contributed by atoms with van der Waals surface area (Å²) in [6.45, 7) is 2.12. The third-order valence-electron chi connectivity index (χ3n) is 2.37. The first-order chi connectivity index (χ1) is 7.90. The van der Waals surface area contributed by atoms with Gasteiger partial charge in [0.25, 0.3) is 0 Å². The molecule has 0 fully saturated rings. The Labute approximate surface area is 96.2 Å². The lowest BCUT2D eigenvalue weighted by Gasteiger charge is -1.97. The minimum Gasteiger partial charge on any atom is -0.247 e. The highest BCUT2D eigenvalue weighted by Gasteiger charge is 1.96. The lowest BCUT2D eigenvalue weighted by atomic mass is 10.1. The molecular weight excluding hydrogens is 194 g/mol. The van der Waals surface area contributed by atoms with Gasteiger partial charge >= 0.3 is 0 Å². The molecule has 0 saturated heterocycles. The van der Waals surface area contributed by atoms with Crippen LogP contribution >= 0.6 is 0 Å². The fourth-order valence-corrected chi connectivity index (χ4v) is 1.49. The van der Waals surface area contributed by atoms with Gasteiger partial charge in [0, 0.05) is 11.8 Å². The average molecular weight is 207 g/mol. The number of rotatable bonds is 1. The maximum absolute atomic E-state index is 4.29. The Morgan fingerprint density at radius 2 is 1.81 bits per heavy atom. The molecular formula is C15H13N. The molecule has 78 valence electrons. The summed E-state index contributed by atoms with van der Waals surface area (Å²) in [5.41, 5.74) is 3.11. The van der Waals surface area contributed by atoms with Crippen LogP contribution in [0.1, 0.15) is 23.7 Å². The largest absolute Gasteiger partial charge is 0.247 e. The van der Waals surface area contributed by atoms with Crippen molar-refractivity contribution < 1.29 is 0 Å². The van der Waals surface area contributed by atoms with Gasteiger partial charge in [-0.05, 0) is 36.1 Å². The van der Waals surface area contributed by atoms with Crippen LogP contribution in [0.4, 0.5) is 0 Å². The van der Waals surface area contributed by atoms with Crippen molar-refractivity contribution in [3.05, 3.63) is 65.5 Å². The van der Waals surface area contributed by atoms with Crippen LogP contribution in [0, 0.1) is 11.8 Å². The van der Waals surface area contributed by atoms with Crippen molar-refractivity contribution in [1.29, 1.82) is 0 Å². The van der Waals surface area contributed by atoms with E-state index in [9.17, 15) is 0 Å². The molecule has 0 amide bonds. The van der Waals surface area contributed by atoms with E-state index >= 15 is 0 Å².